The molecule has 0 aliphatic carbocycles. The summed E-state index contributed by atoms with van der Waals surface area (Å²) < 4.78 is 5.64. The van der Waals surface area contributed by atoms with Crippen molar-refractivity contribution in [1.82, 2.24) is 10.5 Å². The number of oxazole rings is 1. The predicted octanol–water partition coefficient (Wildman–Crippen LogP) is 3.26. The highest BCUT2D eigenvalue weighted by molar-refractivity contribution is 5.96. The van der Waals surface area contributed by atoms with Crippen molar-refractivity contribution in [2.75, 3.05) is 0 Å². The number of aromatic nitrogens is 1. The molecule has 0 saturated carbocycles. The minimum Gasteiger partial charge on any atom is -0.436 e. The topological polar surface area (TPSA) is 75.4 Å². The van der Waals surface area contributed by atoms with Gasteiger partial charge in [0.25, 0.3) is 5.91 Å². The van der Waals surface area contributed by atoms with E-state index in [-0.39, 0.29) is 0 Å². The van der Waals surface area contributed by atoms with Gasteiger partial charge in [-0.15, -0.1) is 0 Å². The Morgan fingerprint density at radius 3 is 2.81 bits per heavy atom. The van der Waals surface area contributed by atoms with Crippen molar-refractivity contribution < 1.29 is 14.4 Å². The lowest BCUT2D eigenvalue weighted by atomic mass is 10.2. The second kappa shape index (κ2) is 6.49. The molecule has 0 unspecified atom stereocenters. The van der Waals surface area contributed by atoms with Crippen LogP contribution < -0.4 is 5.48 Å². The van der Waals surface area contributed by atoms with Gasteiger partial charge >= 0.3 is 0 Å². The molecule has 0 aliphatic rings. The number of nitrogens with zero attached hydrogens (tertiary/aromatic N) is 1. The van der Waals surface area contributed by atoms with E-state index in [0.717, 1.165) is 5.57 Å². The van der Waals surface area contributed by atoms with Crippen LogP contribution in [0.15, 0.2) is 66.2 Å². The van der Waals surface area contributed by atoms with Crippen LogP contribution in [0.3, 0.4) is 0 Å². The number of nitrogens with one attached hydrogen (secondary N) is 1. The first-order valence-electron chi connectivity index (χ1n) is 6.17. The number of carbonyl (C=O) groups excluding carboxylic acids is 1. The van der Waals surface area contributed by atoms with E-state index in [1.807, 2.05) is 0 Å². The summed E-state index contributed by atoms with van der Waals surface area (Å²) >= 11 is 0. The molecule has 0 bridgehead atoms. The Bertz CT molecular complexity index is 754. The fourth-order valence-corrected chi connectivity index (χ4v) is 1.75. The molecule has 1 heterocycles. The molecule has 0 radical (unpaired) electrons. The molecule has 0 atom stereocenters. The molecule has 1 aromatic carbocycles. The van der Waals surface area contributed by atoms with Crippen molar-refractivity contribution >= 4 is 22.6 Å². The van der Waals surface area contributed by atoms with Gasteiger partial charge in [0.2, 0.25) is 5.89 Å². The number of hydrogen-bond acceptors (Lipinski definition) is 4. The van der Waals surface area contributed by atoms with Crippen LogP contribution in [0.2, 0.25) is 0 Å². The highest BCUT2D eigenvalue weighted by atomic mass is 16.5. The van der Waals surface area contributed by atoms with Crippen LogP contribution in [0.25, 0.3) is 16.7 Å². The highest BCUT2D eigenvalue weighted by Crippen LogP contribution is 2.23. The Morgan fingerprint density at radius 2 is 2.14 bits per heavy atom. The third-order valence-electron chi connectivity index (χ3n) is 2.71. The summed E-state index contributed by atoms with van der Waals surface area (Å²) in [5, 5.41) is 8.64. The predicted molar refractivity (Wildman–Crippen MR) is 80.8 cm³/mol. The zero-order valence-corrected chi connectivity index (χ0v) is 11.2. The smallest absolute Gasteiger partial charge is 0.274 e. The number of hydrogen-bond donors (Lipinski definition) is 2. The van der Waals surface area contributed by atoms with Crippen molar-refractivity contribution in [3.8, 4) is 0 Å². The third-order valence-corrected chi connectivity index (χ3v) is 2.71. The summed E-state index contributed by atoms with van der Waals surface area (Å²) in [6.45, 7) is 7.26. The van der Waals surface area contributed by atoms with Crippen LogP contribution in [0.4, 0.5) is 0 Å². The molecule has 0 fully saturated rings. The van der Waals surface area contributed by atoms with Crippen molar-refractivity contribution in [1.29, 1.82) is 0 Å². The van der Waals surface area contributed by atoms with Crippen molar-refractivity contribution in [3.63, 3.8) is 0 Å². The maximum atomic E-state index is 11.4. The molecule has 2 aromatic rings. The van der Waals surface area contributed by atoms with E-state index in [9.17, 15) is 4.79 Å². The Hall–Kier alpha value is -2.92. The van der Waals surface area contributed by atoms with Gasteiger partial charge in [0.15, 0.2) is 5.58 Å². The Balaban J connectivity index is 2.48. The number of rotatable bonds is 5. The molecule has 0 spiro atoms. The van der Waals surface area contributed by atoms with Crippen LogP contribution in [0.1, 0.15) is 16.2 Å². The second-order valence-corrected chi connectivity index (χ2v) is 4.09. The van der Waals surface area contributed by atoms with E-state index >= 15 is 0 Å². The normalized spacial score (nSPS) is 11.8. The van der Waals surface area contributed by atoms with Gasteiger partial charge in [0, 0.05) is 11.1 Å². The molecule has 0 saturated heterocycles. The molecule has 0 aliphatic heterocycles. The Morgan fingerprint density at radius 1 is 1.33 bits per heavy atom. The highest BCUT2D eigenvalue weighted by Gasteiger charge is 2.11. The summed E-state index contributed by atoms with van der Waals surface area (Å²) in [5.41, 5.74) is 3.67. The summed E-state index contributed by atoms with van der Waals surface area (Å²) in [6.07, 6.45) is 8.58. The lowest BCUT2D eigenvalue weighted by molar-refractivity contribution is 0.0706. The summed E-state index contributed by atoms with van der Waals surface area (Å²) in [5.74, 6) is -0.195. The first-order valence-corrected chi connectivity index (χ1v) is 6.17. The molecule has 5 nitrogen and oxygen atoms in total. The van der Waals surface area contributed by atoms with Gasteiger partial charge in [-0.25, -0.2) is 10.5 Å². The lowest BCUT2D eigenvalue weighted by Gasteiger charge is -1.96. The number of fused-ring (bicyclic) bond motifs is 1. The van der Waals surface area contributed by atoms with Crippen LogP contribution in [-0.4, -0.2) is 16.1 Å². The van der Waals surface area contributed by atoms with Crippen molar-refractivity contribution in [2.24, 2.45) is 0 Å². The number of allylic oxidation sites excluding steroid dienone is 6. The van der Waals surface area contributed by atoms with E-state index in [2.05, 4.69) is 18.1 Å². The fraction of sp³-hybridized carbons (Fsp3) is 0. The minimum absolute atomic E-state index is 0.292. The van der Waals surface area contributed by atoms with Gasteiger partial charge in [-0.3, -0.25) is 10.0 Å². The van der Waals surface area contributed by atoms with Gasteiger partial charge in [-0.2, -0.15) is 0 Å². The molecule has 1 aromatic heterocycles. The molecular formula is C16H14N2O3. The van der Waals surface area contributed by atoms with Crippen LogP contribution in [0, 0.1) is 0 Å². The summed E-state index contributed by atoms with van der Waals surface area (Å²) in [6, 6.07) is 4.70. The monoisotopic (exact) mass is 282 g/mol. The summed E-state index contributed by atoms with van der Waals surface area (Å²) in [4.78, 5) is 15.7. The van der Waals surface area contributed by atoms with Crippen LogP contribution >= 0.6 is 0 Å². The van der Waals surface area contributed by atoms with E-state index < -0.39 is 5.91 Å². The SMILES string of the molecule is C=C/C=C\C(=C/C=C)c1nc2cc(C(=O)NO)ccc2o1. The van der Waals surface area contributed by atoms with Crippen LogP contribution in [0.5, 0.6) is 0 Å². The summed E-state index contributed by atoms with van der Waals surface area (Å²) in [7, 11) is 0. The number of carbonyl (C=O) groups is 1. The maximum absolute atomic E-state index is 11.4. The number of benzene rings is 1. The first-order chi connectivity index (χ1) is 10.2. The zero-order valence-electron chi connectivity index (χ0n) is 11.2. The van der Waals surface area contributed by atoms with E-state index in [4.69, 9.17) is 9.62 Å². The molecule has 106 valence electrons. The molecule has 2 N–H and O–H groups in total. The van der Waals surface area contributed by atoms with Crippen LogP contribution in [-0.2, 0) is 0 Å². The van der Waals surface area contributed by atoms with Gasteiger partial charge in [-0.05, 0) is 24.3 Å². The fourth-order valence-electron chi connectivity index (χ4n) is 1.75. The maximum Gasteiger partial charge on any atom is 0.274 e. The van der Waals surface area contributed by atoms with E-state index in [0.29, 0.717) is 22.6 Å². The third kappa shape index (κ3) is 3.16. The average Bonchev–Trinajstić information content (AvgIpc) is 2.93. The molecule has 1 amide bonds. The van der Waals surface area contributed by atoms with Gasteiger partial charge in [-0.1, -0.05) is 37.5 Å². The molecule has 5 heteroatoms. The van der Waals surface area contributed by atoms with Crippen molar-refractivity contribution in [3.05, 3.63) is 73.2 Å². The number of hydroxylamine groups is 1. The molecular weight excluding hydrogens is 268 g/mol. The quantitative estimate of drug-likeness (QED) is 0.501. The standard InChI is InChI=1S/C16H14N2O3/c1-3-5-7-11(6-4-2)16-17-13-10-12(15(19)18-20)8-9-14(13)21-16/h3-10,20H,1-2H2,(H,18,19)/b7-5-,11-6+. The zero-order chi connectivity index (χ0) is 15.2. The van der Waals surface area contributed by atoms with Gasteiger partial charge in [0.05, 0.1) is 0 Å². The Labute approximate surface area is 121 Å². The largest absolute Gasteiger partial charge is 0.436 e. The lowest BCUT2D eigenvalue weighted by Crippen LogP contribution is -2.18. The number of amides is 1. The van der Waals surface area contributed by atoms with Crippen molar-refractivity contribution in [2.45, 2.75) is 0 Å². The van der Waals surface area contributed by atoms with Gasteiger partial charge in [0.1, 0.15) is 5.52 Å². The molecule has 2 rings (SSSR count). The second-order valence-electron chi connectivity index (χ2n) is 4.09. The first kappa shape index (κ1) is 14.5. The van der Waals surface area contributed by atoms with E-state index in [1.165, 1.54) is 6.07 Å². The Kier molecular flexibility index (Phi) is 4.48. The minimum atomic E-state index is -0.602. The van der Waals surface area contributed by atoms with E-state index in [1.54, 1.807) is 48.0 Å². The molecule has 21 heavy (non-hydrogen) atoms. The average molecular weight is 282 g/mol. The van der Waals surface area contributed by atoms with Gasteiger partial charge < -0.3 is 4.42 Å².